The normalized spacial score (nSPS) is 21.4. The summed E-state index contributed by atoms with van der Waals surface area (Å²) in [5, 5.41) is 3.37. The monoisotopic (exact) mass is 276 g/mol. The smallest absolute Gasteiger partial charge is 0.214 e. The second-order valence-corrected chi connectivity index (χ2v) is 8.00. The van der Waals surface area contributed by atoms with E-state index >= 15 is 0 Å². The third kappa shape index (κ3) is 4.86. The van der Waals surface area contributed by atoms with Crippen LogP contribution in [0.4, 0.5) is 0 Å². The topological polar surface area (TPSA) is 49.4 Å². The molecule has 108 valence electrons. The van der Waals surface area contributed by atoms with E-state index < -0.39 is 10.0 Å². The molecular weight excluding hydrogens is 248 g/mol. The molecule has 18 heavy (non-hydrogen) atoms. The number of nitrogens with zero attached hydrogens (tertiary/aromatic N) is 1. The van der Waals surface area contributed by atoms with E-state index in [-0.39, 0.29) is 11.8 Å². The van der Waals surface area contributed by atoms with E-state index in [2.05, 4.69) is 19.2 Å². The first-order chi connectivity index (χ1) is 8.33. The summed E-state index contributed by atoms with van der Waals surface area (Å²) in [7, 11) is -3.11. The number of nitrogens with one attached hydrogen (secondary N) is 1. The van der Waals surface area contributed by atoms with E-state index in [4.69, 9.17) is 0 Å². The molecule has 1 saturated heterocycles. The molecule has 0 spiro atoms. The highest BCUT2D eigenvalue weighted by molar-refractivity contribution is 7.89. The van der Waals surface area contributed by atoms with Crippen LogP contribution in [0.15, 0.2) is 0 Å². The fourth-order valence-electron chi connectivity index (χ4n) is 2.28. The first kappa shape index (κ1) is 15.9. The maximum Gasteiger partial charge on any atom is 0.214 e. The van der Waals surface area contributed by atoms with E-state index in [1.165, 1.54) is 0 Å². The summed E-state index contributed by atoms with van der Waals surface area (Å²) in [4.78, 5) is 0. The minimum Gasteiger partial charge on any atom is -0.313 e. The molecule has 1 unspecified atom stereocenters. The summed E-state index contributed by atoms with van der Waals surface area (Å²) in [6, 6.07) is 0.380. The van der Waals surface area contributed by atoms with Crippen molar-refractivity contribution in [2.24, 2.45) is 5.92 Å². The molecule has 0 radical (unpaired) electrons. The summed E-state index contributed by atoms with van der Waals surface area (Å²) in [5.41, 5.74) is 0. The molecular formula is C13H28N2O2S. The molecule has 0 aromatic carbocycles. The standard InChI is InChI=1S/C13H28N2O2S/c1-11(2)7-9-18(16,17)15(12(3)4)10-13-6-5-8-14-13/h11-14H,5-10H2,1-4H3. The predicted molar refractivity (Wildman–Crippen MR) is 76.1 cm³/mol. The first-order valence-corrected chi connectivity index (χ1v) is 8.66. The Balaban J connectivity index is 2.64. The van der Waals surface area contributed by atoms with Gasteiger partial charge >= 0.3 is 0 Å². The highest BCUT2D eigenvalue weighted by atomic mass is 32.2. The van der Waals surface area contributed by atoms with Crippen molar-refractivity contribution in [2.45, 2.75) is 59.0 Å². The van der Waals surface area contributed by atoms with E-state index in [9.17, 15) is 8.42 Å². The Hall–Kier alpha value is -0.130. The zero-order valence-corrected chi connectivity index (χ0v) is 13.0. The minimum atomic E-state index is -3.11. The Morgan fingerprint density at radius 1 is 1.28 bits per heavy atom. The predicted octanol–water partition coefficient (Wildman–Crippen LogP) is 1.82. The zero-order chi connectivity index (χ0) is 13.8. The van der Waals surface area contributed by atoms with Crippen LogP contribution in [-0.2, 0) is 10.0 Å². The van der Waals surface area contributed by atoms with Gasteiger partial charge < -0.3 is 5.32 Å². The van der Waals surface area contributed by atoms with E-state index in [1.54, 1.807) is 4.31 Å². The fourth-order valence-corrected chi connectivity index (χ4v) is 4.33. The van der Waals surface area contributed by atoms with E-state index in [0.717, 1.165) is 25.8 Å². The van der Waals surface area contributed by atoms with Crippen LogP contribution < -0.4 is 5.32 Å². The van der Waals surface area contributed by atoms with Gasteiger partial charge in [-0.1, -0.05) is 13.8 Å². The molecule has 1 fully saturated rings. The highest BCUT2D eigenvalue weighted by Crippen LogP contribution is 2.15. The van der Waals surface area contributed by atoms with Gasteiger partial charge in [-0.2, -0.15) is 4.31 Å². The molecule has 1 aliphatic rings. The lowest BCUT2D eigenvalue weighted by molar-refractivity contribution is 0.321. The molecule has 1 rings (SSSR count). The van der Waals surface area contributed by atoms with Crippen LogP contribution in [0.3, 0.4) is 0 Å². The molecule has 1 heterocycles. The molecule has 1 aliphatic heterocycles. The van der Waals surface area contributed by atoms with Gasteiger partial charge in [-0.05, 0) is 45.6 Å². The Labute approximate surface area is 112 Å². The molecule has 1 N–H and O–H groups in total. The summed E-state index contributed by atoms with van der Waals surface area (Å²) >= 11 is 0. The molecule has 0 aliphatic carbocycles. The lowest BCUT2D eigenvalue weighted by atomic mass is 10.2. The molecule has 5 heteroatoms. The van der Waals surface area contributed by atoms with Crippen molar-refractivity contribution < 1.29 is 8.42 Å². The van der Waals surface area contributed by atoms with Gasteiger partial charge in [0, 0.05) is 18.6 Å². The maximum atomic E-state index is 12.4. The van der Waals surface area contributed by atoms with Gasteiger partial charge in [0.1, 0.15) is 0 Å². The lowest BCUT2D eigenvalue weighted by Crippen LogP contribution is -2.45. The van der Waals surface area contributed by atoms with Crippen molar-refractivity contribution in [1.82, 2.24) is 9.62 Å². The maximum absolute atomic E-state index is 12.4. The number of sulfonamides is 1. The van der Waals surface area contributed by atoms with Crippen molar-refractivity contribution in [2.75, 3.05) is 18.8 Å². The van der Waals surface area contributed by atoms with E-state index in [0.29, 0.717) is 18.5 Å². The third-order valence-electron chi connectivity index (χ3n) is 3.45. The second kappa shape index (κ2) is 6.87. The highest BCUT2D eigenvalue weighted by Gasteiger charge is 2.28. The van der Waals surface area contributed by atoms with Gasteiger partial charge in [-0.3, -0.25) is 0 Å². The zero-order valence-electron chi connectivity index (χ0n) is 12.1. The van der Waals surface area contributed by atoms with Gasteiger partial charge in [-0.15, -0.1) is 0 Å². The summed E-state index contributed by atoms with van der Waals surface area (Å²) in [6.45, 7) is 9.69. The average Bonchev–Trinajstić information content (AvgIpc) is 2.75. The molecule has 0 bridgehead atoms. The van der Waals surface area contributed by atoms with Crippen molar-refractivity contribution in [3.63, 3.8) is 0 Å². The Kier molecular flexibility index (Phi) is 6.08. The van der Waals surface area contributed by atoms with Crippen LogP contribution in [0, 0.1) is 5.92 Å². The van der Waals surface area contributed by atoms with Crippen LogP contribution in [0.1, 0.15) is 47.0 Å². The summed E-state index contributed by atoms with van der Waals surface area (Å²) < 4.78 is 26.4. The third-order valence-corrected chi connectivity index (χ3v) is 5.49. The van der Waals surface area contributed by atoms with Crippen LogP contribution in [0.5, 0.6) is 0 Å². The largest absolute Gasteiger partial charge is 0.313 e. The van der Waals surface area contributed by atoms with Crippen molar-refractivity contribution in [3.8, 4) is 0 Å². The molecule has 4 nitrogen and oxygen atoms in total. The molecule has 0 aromatic rings. The Bertz CT molecular complexity index is 333. The van der Waals surface area contributed by atoms with Gasteiger partial charge in [-0.25, -0.2) is 8.42 Å². The molecule has 0 aromatic heterocycles. The molecule has 0 saturated carbocycles. The average molecular weight is 276 g/mol. The minimum absolute atomic E-state index is 0.0459. The molecule has 1 atom stereocenters. The van der Waals surface area contributed by atoms with Crippen molar-refractivity contribution in [3.05, 3.63) is 0 Å². The van der Waals surface area contributed by atoms with Crippen molar-refractivity contribution in [1.29, 1.82) is 0 Å². The van der Waals surface area contributed by atoms with Gasteiger partial charge in [0.25, 0.3) is 0 Å². The number of hydrogen-bond donors (Lipinski definition) is 1. The number of hydrogen-bond acceptors (Lipinski definition) is 3. The second-order valence-electron chi connectivity index (χ2n) is 5.96. The van der Waals surface area contributed by atoms with Gasteiger partial charge in [0.15, 0.2) is 0 Å². The van der Waals surface area contributed by atoms with Gasteiger partial charge in [0.05, 0.1) is 5.75 Å². The quantitative estimate of drug-likeness (QED) is 0.772. The summed E-state index contributed by atoms with van der Waals surface area (Å²) in [5.74, 6) is 0.702. The first-order valence-electron chi connectivity index (χ1n) is 7.06. The lowest BCUT2D eigenvalue weighted by Gasteiger charge is -2.28. The van der Waals surface area contributed by atoms with Crippen LogP contribution >= 0.6 is 0 Å². The number of rotatable bonds is 7. The Morgan fingerprint density at radius 3 is 2.39 bits per heavy atom. The van der Waals surface area contributed by atoms with Gasteiger partial charge in [0.2, 0.25) is 10.0 Å². The van der Waals surface area contributed by atoms with Crippen molar-refractivity contribution >= 4 is 10.0 Å². The van der Waals surface area contributed by atoms with Crippen LogP contribution in [-0.4, -0.2) is 43.6 Å². The Morgan fingerprint density at radius 2 is 1.94 bits per heavy atom. The molecule has 0 amide bonds. The summed E-state index contributed by atoms with van der Waals surface area (Å²) in [6.07, 6.45) is 2.98. The van der Waals surface area contributed by atoms with Crippen LogP contribution in [0.25, 0.3) is 0 Å². The van der Waals surface area contributed by atoms with Crippen LogP contribution in [0.2, 0.25) is 0 Å². The fraction of sp³-hybridized carbons (Fsp3) is 1.00. The SMILES string of the molecule is CC(C)CCS(=O)(=O)N(CC1CCCN1)C(C)C. The van der Waals surface area contributed by atoms with E-state index in [1.807, 2.05) is 13.8 Å².